The fraction of sp³-hybridized carbons (Fsp3) is 0.833. The zero-order chi connectivity index (χ0) is 7.98. The molecule has 3 nitrogen and oxygen atoms in total. The summed E-state index contributed by atoms with van der Waals surface area (Å²) in [6, 6.07) is 0. The third kappa shape index (κ3) is 5.91. The van der Waals surface area contributed by atoms with E-state index in [0.29, 0.717) is 0 Å². The molecule has 1 atom stereocenters. The van der Waals surface area contributed by atoms with Gasteiger partial charge in [0.2, 0.25) is 0 Å². The van der Waals surface area contributed by atoms with Crippen LogP contribution in [0.4, 0.5) is 0 Å². The standard InChI is InChI=1S/C6H13NO2S/c1-5(10)3-7-4-6(8)9-2/h5,7,10H,3-4H2,1-2H3/t5-/m0/s1. The van der Waals surface area contributed by atoms with E-state index in [2.05, 4.69) is 22.7 Å². The van der Waals surface area contributed by atoms with Crippen molar-refractivity contribution in [2.45, 2.75) is 12.2 Å². The first-order valence-electron chi connectivity index (χ1n) is 3.12. The molecule has 0 aliphatic rings. The molecule has 0 rings (SSSR count). The lowest BCUT2D eigenvalue weighted by Crippen LogP contribution is -2.28. The molecule has 60 valence electrons. The molecule has 0 heterocycles. The SMILES string of the molecule is COC(=O)CNC[C@H](C)S. The molecule has 0 aliphatic heterocycles. The van der Waals surface area contributed by atoms with Gasteiger partial charge in [-0.3, -0.25) is 4.79 Å². The molecule has 10 heavy (non-hydrogen) atoms. The van der Waals surface area contributed by atoms with Crippen LogP contribution in [0.25, 0.3) is 0 Å². The Labute approximate surface area is 66.5 Å². The van der Waals surface area contributed by atoms with Crippen molar-refractivity contribution in [3.63, 3.8) is 0 Å². The lowest BCUT2D eigenvalue weighted by atomic mass is 10.4. The van der Waals surface area contributed by atoms with Crippen molar-refractivity contribution in [2.75, 3.05) is 20.2 Å². The lowest BCUT2D eigenvalue weighted by Gasteiger charge is -2.04. The van der Waals surface area contributed by atoms with Crippen LogP contribution >= 0.6 is 12.6 Å². The zero-order valence-corrected chi connectivity index (χ0v) is 7.15. The first-order valence-corrected chi connectivity index (χ1v) is 3.64. The summed E-state index contributed by atoms with van der Waals surface area (Å²) in [6.45, 7) is 2.94. The van der Waals surface area contributed by atoms with E-state index in [0.717, 1.165) is 6.54 Å². The minimum Gasteiger partial charge on any atom is -0.468 e. The number of carbonyl (C=O) groups excluding carboxylic acids is 1. The van der Waals surface area contributed by atoms with E-state index in [1.807, 2.05) is 6.92 Å². The quantitative estimate of drug-likeness (QED) is 0.455. The fourth-order valence-electron chi connectivity index (χ4n) is 0.455. The average molecular weight is 163 g/mol. The maximum atomic E-state index is 10.5. The molecule has 0 spiro atoms. The monoisotopic (exact) mass is 163 g/mol. The van der Waals surface area contributed by atoms with Gasteiger partial charge in [-0.25, -0.2) is 0 Å². The highest BCUT2D eigenvalue weighted by Gasteiger charge is 1.98. The van der Waals surface area contributed by atoms with Gasteiger partial charge < -0.3 is 10.1 Å². The van der Waals surface area contributed by atoms with Crippen molar-refractivity contribution < 1.29 is 9.53 Å². The number of carbonyl (C=O) groups is 1. The predicted molar refractivity (Wildman–Crippen MR) is 43.3 cm³/mol. The number of hydrogen-bond donors (Lipinski definition) is 2. The Hall–Kier alpha value is -0.220. The summed E-state index contributed by atoms with van der Waals surface area (Å²) in [6.07, 6.45) is 0. The summed E-state index contributed by atoms with van der Waals surface area (Å²) in [7, 11) is 1.37. The normalized spacial score (nSPS) is 12.7. The van der Waals surface area contributed by atoms with Crippen LogP contribution in [0.15, 0.2) is 0 Å². The van der Waals surface area contributed by atoms with Crippen molar-refractivity contribution >= 4 is 18.6 Å². The van der Waals surface area contributed by atoms with Crippen LogP contribution in [0.1, 0.15) is 6.92 Å². The highest BCUT2D eigenvalue weighted by Crippen LogP contribution is 1.87. The van der Waals surface area contributed by atoms with Crippen molar-refractivity contribution in [1.82, 2.24) is 5.32 Å². The molecule has 1 N–H and O–H groups in total. The first kappa shape index (κ1) is 9.78. The number of nitrogens with one attached hydrogen (secondary N) is 1. The number of methoxy groups -OCH3 is 1. The van der Waals surface area contributed by atoms with Gasteiger partial charge in [-0.2, -0.15) is 12.6 Å². The van der Waals surface area contributed by atoms with Crippen LogP contribution in [0, 0.1) is 0 Å². The highest BCUT2D eigenvalue weighted by molar-refractivity contribution is 7.80. The Kier molecular flexibility index (Phi) is 5.43. The van der Waals surface area contributed by atoms with E-state index < -0.39 is 0 Å². The summed E-state index contributed by atoms with van der Waals surface area (Å²) in [5, 5.41) is 3.15. The largest absolute Gasteiger partial charge is 0.468 e. The molecule has 0 bridgehead atoms. The maximum Gasteiger partial charge on any atom is 0.319 e. The summed E-state index contributed by atoms with van der Waals surface area (Å²) in [5.41, 5.74) is 0. The van der Waals surface area contributed by atoms with Gasteiger partial charge in [0, 0.05) is 11.8 Å². The minimum absolute atomic E-state index is 0.242. The second-order valence-corrected chi connectivity index (χ2v) is 2.94. The van der Waals surface area contributed by atoms with Gasteiger partial charge in [0.15, 0.2) is 0 Å². The zero-order valence-electron chi connectivity index (χ0n) is 6.26. The van der Waals surface area contributed by atoms with Crippen LogP contribution in [0.2, 0.25) is 0 Å². The van der Waals surface area contributed by atoms with Gasteiger partial charge in [-0.15, -0.1) is 0 Å². The van der Waals surface area contributed by atoms with E-state index in [-0.39, 0.29) is 17.8 Å². The Morgan fingerprint density at radius 1 is 1.80 bits per heavy atom. The predicted octanol–water partition coefficient (Wildman–Crippen LogP) is 0.0673. The summed E-state index contributed by atoms with van der Waals surface area (Å²) < 4.78 is 4.41. The fourth-order valence-corrected chi connectivity index (χ4v) is 0.584. The molecule has 0 aromatic carbocycles. The Balaban J connectivity index is 3.12. The van der Waals surface area contributed by atoms with Crippen LogP contribution in [-0.4, -0.2) is 31.4 Å². The summed E-state index contributed by atoms with van der Waals surface area (Å²) in [5.74, 6) is -0.242. The molecule has 0 unspecified atom stereocenters. The van der Waals surface area contributed by atoms with Crippen molar-refractivity contribution in [1.29, 1.82) is 0 Å². The van der Waals surface area contributed by atoms with E-state index in [1.54, 1.807) is 0 Å². The molecule has 0 saturated heterocycles. The Bertz CT molecular complexity index is 106. The number of hydrogen-bond acceptors (Lipinski definition) is 4. The van der Waals surface area contributed by atoms with Crippen LogP contribution in [0.3, 0.4) is 0 Å². The molecule has 4 heteroatoms. The molecule has 0 aromatic rings. The average Bonchev–Trinajstić information content (AvgIpc) is 1.87. The summed E-state index contributed by atoms with van der Waals surface area (Å²) >= 11 is 4.12. The van der Waals surface area contributed by atoms with E-state index in [1.165, 1.54) is 7.11 Å². The summed E-state index contributed by atoms with van der Waals surface area (Å²) in [4.78, 5) is 10.5. The molecule has 0 fully saturated rings. The molecule has 0 aliphatic carbocycles. The Morgan fingerprint density at radius 3 is 2.80 bits per heavy atom. The van der Waals surface area contributed by atoms with E-state index in [4.69, 9.17) is 0 Å². The molecule has 0 saturated carbocycles. The van der Waals surface area contributed by atoms with Crippen molar-refractivity contribution in [3.05, 3.63) is 0 Å². The second-order valence-electron chi connectivity index (χ2n) is 2.06. The number of rotatable bonds is 4. The lowest BCUT2D eigenvalue weighted by molar-refractivity contribution is -0.139. The van der Waals surface area contributed by atoms with Gasteiger partial charge in [0.25, 0.3) is 0 Å². The molecule has 0 amide bonds. The van der Waals surface area contributed by atoms with Crippen molar-refractivity contribution in [3.8, 4) is 0 Å². The van der Waals surface area contributed by atoms with E-state index in [9.17, 15) is 4.79 Å². The third-order valence-corrected chi connectivity index (χ3v) is 1.12. The number of thiol groups is 1. The van der Waals surface area contributed by atoms with Gasteiger partial charge in [-0.05, 0) is 0 Å². The van der Waals surface area contributed by atoms with Gasteiger partial charge >= 0.3 is 5.97 Å². The van der Waals surface area contributed by atoms with Gasteiger partial charge in [0.1, 0.15) is 0 Å². The number of esters is 1. The van der Waals surface area contributed by atoms with Crippen LogP contribution in [0.5, 0.6) is 0 Å². The van der Waals surface area contributed by atoms with Gasteiger partial charge in [0.05, 0.1) is 13.7 Å². The molecule has 0 radical (unpaired) electrons. The smallest absolute Gasteiger partial charge is 0.319 e. The molecular formula is C6H13NO2S. The van der Waals surface area contributed by atoms with Crippen LogP contribution in [-0.2, 0) is 9.53 Å². The van der Waals surface area contributed by atoms with E-state index >= 15 is 0 Å². The minimum atomic E-state index is -0.242. The maximum absolute atomic E-state index is 10.5. The first-order chi connectivity index (χ1) is 4.66. The topological polar surface area (TPSA) is 38.3 Å². The van der Waals surface area contributed by atoms with Crippen molar-refractivity contribution in [2.24, 2.45) is 0 Å². The Morgan fingerprint density at radius 2 is 2.40 bits per heavy atom. The third-order valence-electron chi connectivity index (χ3n) is 0.937. The molecular weight excluding hydrogens is 150 g/mol. The van der Waals surface area contributed by atoms with Gasteiger partial charge in [-0.1, -0.05) is 6.92 Å². The van der Waals surface area contributed by atoms with Crippen LogP contribution < -0.4 is 5.32 Å². The molecule has 0 aromatic heterocycles. The number of ether oxygens (including phenoxy) is 1. The highest BCUT2D eigenvalue weighted by atomic mass is 32.1. The second kappa shape index (κ2) is 5.56.